The summed E-state index contributed by atoms with van der Waals surface area (Å²) in [6.45, 7) is 3.49. The Morgan fingerprint density at radius 1 is 1.18 bits per heavy atom. The lowest BCUT2D eigenvalue weighted by atomic mass is 9.93. The van der Waals surface area contributed by atoms with Gasteiger partial charge in [0.2, 0.25) is 11.8 Å². The molecule has 0 radical (unpaired) electrons. The number of aromatic nitrogens is 2. The Kier molecular flexibility index (Phi) is 5.97. The maximum atomic E-state index is 12.4. The number of carbonyl (C=O) groups is 1. The SMILES string of the molecule is CN1CCC(Cc2noc([C@@H]3CCC(=O)N(Cc4ccc(Cl)cc4)C3)n2)CC1. The van der Waals surface area contributed by atoms with Crippen LogP contribution < -0.4 is 0 Å². The molecule has 2 saturated heterocycles. The van der Waals surface area contributed by atoms with Crippen molar-refractivity contribution in [2.24, 2.45) is 5.92 Å². The fourth-order valence-electron chi connectivity index (χ4n) is 4.12. The second-order valence-electron chi connectivity index (χ2n) is 8.14. The highest BCUT2D eigenvalue weighted by Crippen LogP contribution is 2.28. The average Bonchev–Trinajstić information content (AvgIpc) is 3.16. The lowest BCUT2D eigenvalue weighted by molar-refractivity contribution is -0.134. The molecule has 1 aromatic heterocycles. The summed E-state index contributed by atoms with van der Waals surface area (Å²) in [6, 6.07) is 7.64. The average molecular weight is 403 g/mol. The zero-order valence-electron chi connectivity index (χ0n) is 16.3. The van der Waals surface area contributed by atoms with E-state index in [1.165, 1.54) is 12.8 Å². The molecular weight excluding hydrogens is 376 g/mol. The van der Waals surface area contributed by atoms with Crippen molar-refractivity contribution < 1.29 is 9.32 Å². The van der Waals surface area contributed by atoms with Crippen molar-refractivity contribution >= 4 is 17.5 Å². The molecule has 28 heavy (non-hydrogen) atoms. The number of amides is 1. The largest absolute Gasteiger partial charge is 0.339 e. The highest BCUT2D eigenvalue weighted by Gasteiger charge is 2.30. The van der Waals surface area contributed by atoms with Crippen LogP contribution in [-0.2, 0) is 17.8 Å². The van der Waals surface area contributed by atoms with Crippen molar-refractivity contribution in [3.8, 4) is 0 Å². The van der Waals surface area contributed by atoms with Gasteiger partial charge in [-0.25, -0.2) is 0 Å². The van der Waals surface area contributed by atoms with Crippen LogP contribution in [0.3, 0.4) is 0 Å². The van der Waals surface area contributed by atoms with Crippen molar-refractivity contribution in [3.05, 3.63) is 46.6 Å². The maximum absolute atomic E-state index is 12.4. The molecule has 1 atom stereocenters. The second kappa shape index (κ2) is 8.62. The zero-order chi connectivity index (χ0) is 19.5. The third-order valence-corrected chi connectivity index (χ3v) is 6.18. The first-order valence-electron chi connectivity index (χ1n) is 10.1. The quantitative estimate of drug-likeness (QED) is 0.765. The summed E-state index contributed by atoms with van der Waals surface area (Å²) in [5.41, 5.74) is 1.08. The number of likely N-dealkylation sites (tertiary alicyclic amines) is 2. The lowest BCUT2D eigenvalue weighted by Crippen LogP contribution is -2.38. The predicted molar refractivity (Wildman–Crippen MR) is 107 cm³/mol. The molecule has 2 aliphatic rings. The van der Waals surface area contributed by atoms with Crippen molar-refractivity contribution in [1.29, 1.82) is 0 Å². The minimum atomic E-state index is 0.115. The molecule has 2 aromatic rings. The first kappa shape index (κ1) is 19.4. The molecule has 2 aliphatic heterocycles. The molecule has 0 bridgehead atoms. The summed E-state index contributed by atoms with van der Waals surface area (Å²) >= 11 is 5.96. The predicted octanol–water partition coefficient (Wildman–Crippen LogP) is 3.51. The van der Waals surface area contributed by atoms with E-state index in [0.29, 0.717) is 36.3 Å². The molecule has 0 spiro atoms. The Morgan fingerprint density at radius 3 is 2.68 bits per heavy atom. The van der Waals surface area contributed by atoms with E-state index in [2.05, 4.69) is 22.1 Å². The molecule has 0 unspecified atom stereocenters. The Bertz CT molecular complexity index is 799. The van der Waals surface area contributed by atoms with Crippen molar-refractivity contribution in [2.45, 2.75) is 44.6 Å². The summed E-state index contributed by atoms with van der Waals surface area (Å²) in [5.74, 6) is 2.42. The number of rotatable bonds is 5. The number of nitrogens with zero attached hydrogens (tertiary/aromatic N) is 4. The molecule has 150 valence electrons. The van der Waals surface area contributed by atoms with E-state index < -0.39 is 0 Å². The summed E-state index contributed by atoms with van der Waals surface area (Å²) in [4.78, 5) is 21.3. The molecule has 0 saturated carbocycles. The van der Waals surface area contributed by atoms with Gasteiger partial charge >= 0.3 is 0 Å². The van der Waals surface area contributed by atoms with Crippen LogP contribution in [0.25, 0.3) is 0 Å². The van der Waals surface area contributed by atoms with Gasteiger partial charge in [0.25, 0.3) is 0 Å². The Balaban J connectivity index is 1.37. The van der Waals surface area contributed by atoms with Crippen molar-refractivity contribution in [3.63, 3.8) is 0 Å². The monoisotopic (exact) mass is 402 g/mol. The molecular formula is C21H27ClN4O2. The molecule has 0 aliphatic carbocycles. The van der Waals surface area contributed by atoms with Crippen LogP contribution in [0.2, 0.25) is 5.02 Å². The zero-order valence-corrected chi connectivity index (χ0v) is 17.1. The minimum Gasteiger partial charge on any atom is -0.339 e. The molecule has 6 nitrogen and oxygen atoms in total. The van der Waals surface area contributed by atoms with Gasteiger partial charge in [-0.15, -0.1) is 0 Å². The van der Waals surface area contributed by atoms with Gasteiger partial charge in [-0.05, 0) is 63.0 Å². The highest BCUT2D eigenvalue weighted by atomic mass is 35.5. The van der Waals surface area contributed by atoms with E-state index in [4.69, 9.17) is 16.1 Å². The molecule has 1 amide bonds. The van der Waals surface area contributed by atoms with E-state index in [1.54, 1.807) is 0 Å². The first-order valence-corrected chi connectivity index (χ1v) is 10.5. The number of hydrogen-bond acceptors (Lipinski definition) is 5. The topological polar surface area (TPSA) is 62.5 Å². The fourth-order valence-corrected chi connectivity index (χ4v) is 4.25. The van der Waals surface area contributed by atoms with E-state index in [-0.39, 0.29) is 11.8 Å². The van der Waals surface area contributed by atoms with Gasteiger partial charge < -0.3 is 14.3 Å². The van der Waals surface area contributed by atoms with Crippen molar-refractivity contribution in [2.75, 3.05) is 26.7 Å². The van der Waals surface area contributed by atoms with E-state index in [1.807, 2.05) is 29.2 Å². The minimum absolute atomic E-state index is 0.115. The summed E-state index contributed by atoms with van der Waals surface area (Å²) < 4.78 is 5.59. The standard InChI is InChI=1S/C21H27ClN4O2/c1-25-10-8-15(9-11-25)12-19-23-21(28-24-19)17-4-7-20(27)26(14-17)13-16-2-5-18(22)6-3-16/h2-3,5-6,15,17H,4,7-14H2,1H3/t17-/m1/s1. The van der Waals surface area contributed by atoms with Gasteiger partial charge in [0.1, 0.15) is 0 Å². The van der Waals surface area contributed by atoms with Crippen LogP contribution in [0, 0.1) is 5.92 Å². The molecule has 1 aromatic carbocycles. The molecule has 2 fully saturated rings. The maximum Gasteiger partial charge on any atom is 0.231 e. The smallest absolute Gasteiger partial charge is 0.231 e. The fraction of sp³-hybridized carbons (Fsp3) is 0.571. The Hall–Kier alpha value is -1.92. The summed E-state index contributed by atoms with van der Waals surface area (Å²) in [7, 11) is 2.17. The molecule has 0 N–H and O–H groups in total. The molecule has 4 rings (SSSR count). The van der Waals surface area contributed by atoms with Crippen LogP contribution in [0.4, 0.5) is 0 Å². The van der Waals surface area contributed by atoms with Crippen LogP contribution in [-0.4, -0.2) is 52.5 Å². The van der Waals surface area contributed by atoms with E-state index in [0.717, 1.165) is 37.3 Å². The van der Waals surface area contributed by atoms with E-state index in [9.17, 15) is 4.79 Å². The Labute approximate surface area is 170 Å². The van der Waals surface area contributed by atoms with Crippen LogP contribution in [0.5, 0.6) is 0 Å². The van der Waals surface area contributed by atoms with Gasteiger partial charge in [-0.2, -0.15) is 4.98 Å². The van der Waals surface area contributed by atoms with E-state index >= 15 is 0 Å². The van der Waals surface area contributed by atoms with Crippen LogP contribution in [0.1, 0.15) is 48.9 Å². The first-order chi connectivity index (χ1) is 13.6. The Morgan fingerprint density at radius 2 is 1.93 bits per heavy atom. The van der Waals surface area contributed by atoms with Gasteiger partial charge in [0, 0.05) is 31.0 Å². The molecule has 7 heteroatoms. The highest BCUT2D eigenvalue weighted by molar-refractivity contribution is 6.30. The number of piperidine rings is 2. The van der Waals surface area contributed by atoms with Gasteiger partial charge in [-0.3, -0.25) is 4.79 Å². The van der Waals surface area contributed by atoms with Gasteiger partial charge in [0.15, 0.2) is 5.82 Å². The van der Waals surface area contributed by atoms with Gasteiger partial charge in [0.05, 0.1) is 5.92 Å². The number of carbonyl (C=O) groups excluding carboxylic acids is 1. The third kappa shape index (κ3) is 4.73. The molecule has 3 heterocycles. The number of hydrogen-bond donors (Lipinski definition) is 0. The second-order valence-corrected chi connectivity index (χ2v) is 8.57. The van der Waals surface area contributed by atoms with Crippen LogP contribution in [0.15, 0.2) is 28.8 Å². The van der Waals surface area contributed by atoms with Crippen LogP contribution >= 0.6 is 11.6 Å². The normalized spacial score (nSPS) is 22.0. The number of benzene rings is 1. The summed E-state index contributed by atoms with van der Waals surface area (Å²) in [5, 5.41) is 4.93. The van der Waals surface area contributed by atoms with Gasteiger partial charge in [-0.1, -0.05) is 28.9 Å². The summed E-state index contributed by atoms with van der Waals surface area (Å²) in [6.07, 6.45) is 4.55. The third-order valence-electron chi connectivity index (χ3n) is 5.93. The number of halogens is 1. The van der Waals surface area contributed by atoms with Crippen molar-refractivity contribution in [1.82, 2.24) is 19.9 Å². The lowest BCUT2D eigenvalue weighted by Gasteiger charge is -2.31.